The normalized spacial score (nSPS) is 15.1. The van der Waals surface area contributed by atoms with E-state index in [0.29, 0.717) is 6.42 Å². The van der Waals surface area contributed by atoms with Gasteiger partial charge in [0.05, 0.1) is 23.0 Å². The third-order valence-corrected chi connectivity index (χ3v) is 5.70. The minimum Gasteiger partial charge on any atom is -0.461 e. The maximum atomic E-state index is 13.4. The molecular weight excluding hydrogens is 446 g/mol. The SMILES string of the molecule is CC(C)CC(C(=O)OC(C)(C)C)C(CN1C(=O)c2ccccc2C1=O)C(=O)OCc1ccccc1. The molecule has 2 unspecified atom stereocenters. The molecule has 0 radical (unpaired) electrons. The molecule has 0 aliphatic carbocycles. The number of hydrogen-bond acceptors (Lipinski definition) is 6. The lowest BCUT2D eigenvalue weighted by molar-refractivity contribution is -0.170. The molecule has 0 N–H and O–H groups in total. The van der Waals surface area contributed by atoms with E-state index in [4.69, 9.17) is 9.47 Å². The number of amides is 2. The highest BCUT2D eigenvalue weighted by atomic mass is 16.6. The number of ether oxygens (including phenoxy) is 2. The molecule has 3 rings (SSSR count). The zero-order valence-electron chi connectivity index (χ0n) is 20.9. The Morgan fingerprint density at radius 3 is 1.89 bits per heavy atom. The van der Waals surface area contributed by atoms with Crippen molar-refractivity contribution in [2.75, 3.05) is 6.54 Å². The average Bonchev–Trinajstić information content (AvgIpc) is 3.04. The Kier molecular flexibility index (Phi) is 8.10. The molecule has 2 amide bonds. The average molecular weight is 480 g/mol. The Hall–Kier alpha value is -3.48. The van der Waals surface area contributed by atoms with Gasteiger partial charge in [0, 0.05) is 6.54 Å². The topological polar surface area (TPSA) is 90.0 Å². The summed E-state index contributed by atoms with van der Waals surface area (Å²) in [6.45, 7) is 8.88. The third-order valence-electron chi connectivity index (χ3n) is 5.70. The van der Waals surface area contributed by atoms with Crippen LogP contribution in [-0.2, 0) is 25.7 Å². The van der Waals surface area contributed by atoms with Gasteiger partial charge in [0.1, 0.15) is 12.2 Å². The lowest BCUT2D eigenvalue weighted by Crippen LogP contribution is -2.44. The van der Waals surface area contributed by atoms with Crippen LogP contribution in [0.2, 0.25) is 0 Å². The van der Waals surface area contributed by atoms with Crippen molar-refractivity contribution in [2.24, 2.45) is 17.8 Å². The maximum absolute atomic E-state index is 13.4. The fourth-order valence-electron chi connectivity index (χ4n) is 4.11. The second-order valence-electron chi connectivity index (χ2n) is 10.2. The molecule has 7 nitrogen and oxygen atoms in total. The summed E-state index contributed by atoms with van der Waals surface area (Å²) in [4.78, 5) is 53.7. The Bertz CT molecular complexity index is 1050. The summed E-state index contributed by atoms with van der Waals surface area (Å²) < 4.78 is 11.2. The Morgan fingerprint density at radius 1 is 0.829 bits per heavy atom. The summed E-state index contributed by atoms with van der Waals surface area (Å²) in [5.74, 6) is -4.08. The van der Waals surface area contributed by atoms with Gasteiger partial charge in [0.2, 0.25) is 0 Å². The Morgan fingerprint density at radius 2 is 1.37 bits per heavy atom. The predicted octanol–water partition coefficient (Wildman–Crippen LogP) is 4.65. The van der Waals surface area contributed by atoms with Crippen LogP contribution in [0.15, 0.2) is 54.6 Å². The molecule has 0 aromatic heterocycles. The third kappa shape index (κ3) is 6.56. The first kappa shape index (κ1) is 26.1. The lowest BCUT2D eigenvalue weighted by atomic mass is 9.84. The van der Waals surface area contributed by atoms with Crippen molar-refractivity contribution in [3.8, 4) is 0 Å². The summed E-state index contributed by atoms with van der Waals surface area (Å²) in [5, 5.41) is 0. The summed E-state index contributed by atoms with van der Waals surface area (Å²) in [7, 11) is 0. The zero-order valence-corrected chi connectivity index (χ0v) is 20.9. The van der Waals surface area contributed by atoms with Crippen molar-refractivity contribution in [3.05, 3.63) is 71.3 Å². The maximum Gasteiger partial charge on any atom is 0.311 e. The molecule has 186 valence electrons. The molecule has 2 aromatic carbocycles. The molecule has 0 bridgehead atoms. The summed E-state index contributed by atoms with van der Waals surface area (Å²) in [5.41, 5.74) is 0.594. The number of carbonyl (C=O) groups excluding carboxylic acids is 4. The molecule has 1 heterocycles. The van der Waals surface area contributed by atoms with Crippen LogP contribution in [0.3, 0.4) is 0 Å². The predicted molar refractivity (Wildman–Crippen MR) is 130 cm³/mol. The van der Waals surface area contributed by atoms with E-state index in [1.165, 1.54) is 0 Å². The fraction of sp³-hybridized carbons (Fsp3) is 0.429. The molecule has 2 aromatic rings. The monoisotopic (exact) mass is 479 g/mol. The summed E-state index contributed by atoms with van der Waals surface area (Å²) in [6, 6.07) is 15.7. The molecule has 7 heteroatoms. The van der Waals surface area contributed by atoms with Crippen LogP contribution >= 0.6 is 0 Å². The van der Waals surface area contributed by atoms with E-state index < -0.39 is 41.2 Å². The van der Waals surface area contributed by atoms with Gasteiger partial charge in [0.25, 0.3) is 11.8 Å². The van der Waals surface area contributed by atoms with Crippen LogP contribution in [0.1, 0.15) is 67.3 Å². The quantitative estimate of drug-likeness (QED) is 0.384. The van der Waals surface area contributed by atoms with E-state index in [0.717, 1.165) is 10.5 Å². The molecule has 35 heavy (non-hydrogen) atoms. The van der Waals surface area contributed by atoms with E-state index >= 15 is 0 Å². The van der Waals surface area contributed by atoms with Gasteiger partial charge in [-0.15, -0.1) is 0 Å². The fourth-order valence-corrected chi connectivity index (χ4v) is 4.11. The lowest BCUT2D eigenvalue weighted by Gasteiger charge is -2.31. The molecule has 0 fully saturated rings. The van der Waals surface area contributed by atoms with E-state index in [9.17, 15) is 19.2 Å². The van der Waals surface area contributed by atoms with Gasteiger partial charge in [-0.3, -0.25) is 24.1 Å². The number of rotatable bonds is 9. The van der Waals surface area contributed by atoms with E-state index in [2.05, 4.69) is 0 Å². The second-order valence-corrected chi connectivity index (χ2v) is 10.2. The van der Waals surface area contributed by atoms with Crippen molar-refractivity contribution in [3.63, 3.8) is 0 Å². The molecule has 2 atom stereocenters. The van der Waals surface area contributed by atoms with Crippen molar-refractivity contribution >= 4 is 23.8 Å². The molecule has 0 saturated carbocycles. The first-order valence-electron chi connectivity index (χ1n) is 11.9. The minimum absolute atomic E-state index is 0.0149. The Balaban J connectivity index is 1.92. The molecular formula is C28H33NO6. The highest BCUT2D eigenvalue weighted by molar-refractivity contribution is 6.21. The van der Waals surface area contributed by atoms with Gasteiger partial charge in [-0.2, -0.15) is 0 Å². The first-order valence-corrected chi connectivity index (χ1v) is 11.9. The Labute approximate surface area is 206 Å². The summed E-state index contributed by atoms with van der Waals surface area (Å²) >= 11 is 0. The number of hydrogen-bond donors (Lipinski definition) is 0. The van der Waals surface area contributed by atoms with Crippen LogP contribution in [0, 0.1) is 17.8 Å². The van der Waals surface area contributed by atoms with Crippen LogP contribution in [0.25, 0.3) is 0 Å². The molecule has 1 aliphatic heterocycles. The largest absolute Gasteiger partial charge is 0.461 e. The number of esters is 2. The molecule has 1 aliphatic rings. The van der Waals surface area contributed by atoms with Crippen LogP contribution < -0.4 is 0 Å². The minimum atomic E-state index is -1.07. The number of carbonyl (C=O) groups is 4. The van der Waals surface area contributed by atoms with E-state index in [-0.39, 0.29) is 30.2 Å². The van der Waals surface area contributed by atoms with E-state index in [1.807, 2.05) is 44.2 Å². The second kappa shape index (κ2) is 10.8. The highest BCUT2D eigenvalue weighted by Gasteiger charge is 2.44. The van der Waals surface area contributed by atoms with Crippen molar-refractivity contribution in [1.82, 2.24) is 4.90 Å². The van der Waals surface area contributed by atoms with Crippen molar-refractivity contribution in [2.45, 2.75) is 53.2 Å². The number of fused-ring (bicyclic) bond motifs is 1. The number of benzene rings is 2. The zero-order chi connectivity index (χ0) is 25.8. The van der Waals surface area contributed by atoms with Crippen LogP contribution in [0.5, 0.6) is 0 Å². The van der Waals surface area contributed by atoms with Crippen LogP contribution in [0.4, 0.5) is 0 Å². The molecule has 0 spiro atoms. The van der Waals surface area contributed by atoms with Gasteiger partial charge >= 0.3 is 11.9 Å². The highest BCUT2D eigenvalue weighted by Crippen LogP contribution is 2.30. The summed E-state index contributed by atoms with van der Waals surface area (Å²) in [6.07, 6.45) is 0.336. The van der Waals surface area contributed by atoms with Gasteiger partial charge in [-0.25, -0.2) is 0 Å². The van der Waals surface area contributed by atoms with E-state index in [1.54, 1.807) is 45.0 Å². The molecule has 0 saturated heterocycles. The van der Waals surface area contributed by atoms with Gasteiger partial charge in [0.15, 0.2) is 0 Å². The first-order chi connectivity index (χ1) is 16.5. The van der Waals surface area contributed by atoms with Crippen LogP contribution in [-0.4, -0.2) is 40.8 Å². The van der Waals surface area contributed by atoms with Gasteiger partial charge in [-0.05, 0) is 50.8 Å². The number of imide groups is 1. The van der Waals surface area contributed by atoms with Crippen molar-refractivity contribution in [1.29, 1.82) is 0 Å². The standard InChI is InChI=1S/C28H33NO6/c1-18(2)15-22(27(33)35-28(3,4)5)23(26(32)34-17-19-11-7-6-8-12-19)16-29-24(30)20-13-9-10-14-21(20)25(29)31/h6-14,18,22-23H,15-17H2,1-5H3. The van der Waals surface area contributed by atoms with Crippen molar-refractivity contribution < 1.29 is 28.7 Å². The smallest absolute Gasteiger partial charge is 0.311 e. The van der Waals surface area contributed by atoms with Gasteiger partial charge in [-0.1, -0.05) is 56.3 Å². The van der Waals surface area contributed by atoms with Gasteiger partial charge < -0.3 is 9.47 Å². The number of nitrogens with zero attached hydrogens (tertiary/aromatic N) is 1.